The minimum absolute atomic E-state index is 0.0854. The fourth-order valence-electron chi connectivity index (χ4n) is 4.20. The summed E-state index contributed by atoms with van der Waals surface area (Å²) >= 11 is 0. The van der Waals surface area contributed by atoms with Gasteiger partial charge in [0.25, 0.3) is 5.91 Å². The van der Waals surface area contributed by atoms with Crippen molar-refractivity contribution in [2.75, 3.05) is 44.7 Å². The molecule has 30 heavy (non-hydrogen) atoms. The van der Waals surface area contributed by atoms with E-state index in [1.165, 1.54) is 5.69 Å². The van der Waals surface area contributed by atoms with Gasteiger partial charge in [-0.15, -0.1) is 0 Å². The lowest BCUT2D eigenvalue weighted by molar-refractivity contribution is -0.128. The molecular weight excluding hydrogens is 376 g/mol. The van der Waals surface area contributed by atoms with Crippen LogP contribution in [0.1, 0.15) is 34.3 Å². The van der Waals surface area contributed by atoms with Crippen molar-refractivity contribution in [2.45, 2.75) is 25.9 Å². The molecule has 2 aromatic rings. The average Bonchev–Trinajstić information content (AvgIpc) is 3.17. The Kier molecular flexibility index (Phi) is 6.33. The second kappa shape index (κ2) is 9.30. The highest BCUT2D eigenvalue weighted by molar-refractivity contribution is 5.94. The molecule has 2 amide bonds. The SMILES string of the molecule is CN1CCN(c2ccccc2CNC(=O)c2cccc(CN3CCCC3=O)c2)CC1. The van der Waals surface area contributed by atoms with E-state index >= 15 is 0 Å². The van der Waals surface area contributed by atoms with Gasteiger partial charge in [-0.2, -0.15) is 0 Å². The summed E-state index contributed by atoms with van der Waals surface area (Å²) in [6.07, 6.45) is 1.55. The molecule has 0 bridgehead atoms. The Morgan fingerprint density at radius 3 is 2.57 bits per heavy atom. The van der Waals surface area contributed by atoms with Crippen LogP contribution in [0.3, 0.4) is 0 Å². The number of anilines is 1. The van der Waals surface area contributed by atoms with Gasteiger partial charge in [-0.05, 0) is 42.8 Å². The van der Waals surface area contributed by atoms with Crippen LogP contribution in [-0.4, -0.2) is 61.4 Å². The summed E-state index contributed by atoms with van der Waals surface area (Å²) in [5, 5.41) is 3.08. The van der Waals surface area contributed by atoms with Gasteiger partial charge in [0.2, 0.25) is 5.91 Å². The standard InChI is InChI=1S/C24H30N4O2/c1-26-12-14-27(15-13-26)22-9-3-2-7-21(22)17-25-24(30)20-8-4-6-19(16-20)18-28-11-5-10-23(28)29/h2-4,6-9,16H,5,10-15,17-18H2,1H3,(H,25,30). The van der Waals surface area contributed by atoms with Crippen LogP contribution in [0.25, 0.3) is 0 Å². The van der Waals surface area contributed by atoms with Gasteiger partial charge in [0.15, 0.2) is 0 Å². The van der Waals surface area contributed by atoms with E-state index in [-0.39, 0.29) is 11.8 Å². The zero-order chi connectivity index (χ0) is 20.9. The first-order valence-corrected chi connectivity index (χ1v) is 10.8. The molecule has 0 unspecified atom stereocenters. The smallest absolute Gasteiger partial charge is 0.251 e. The number of piperazine rings is 1. The Morgan fingerprint density at radius 2 is 1.80 bits per heavy atom. The van der Waals surface area contributed by atoms with Crippen molar-refractivity contribution in [1.82, 2.24) is 15.1 Å². The van der Waals surface area contributed by atoms with E-state index in [9.17, 15) is 9.59 Å². The highest BCUT2D eigenvalue weighted by Gasteiger charge is 2.20. The van der Waals surface area contributed by atoms with Crippen molar-refractivity contribution >= 4 is 17.5 Å². The third kappa shape index (κ3) is 4.82. The number of nitrogens with one attached hydrogen (secondary N) is 1. The molecule has 0 aliphatic carbocycles. The highest BCUT2D eigenvalue weighted by Crippen LogP contribution is 2.22. The van der Waals surface area contributed by atoms with Crippen LogP contribution in [0, 0.1) is 0 Å². The Balaban J connectivity index is 1.39. The number of likely N-dealkylation sites (tertiary alicyclic amines) is 1. The van der Waals surface area contributed by atoms with Crippen molar-refractivity contribution in [3.05, 3.63) is 65.2 Å². The monoisotopic (exact) mass is 406 g/mol. The van der Waals surface area contributed by atoms with Gasteiger partial charge < -0.3 is 20.0 Å². The number of amides is 2. The van der Waals surface area contributed by atoms with E-state index in [1.54, 1.807) is 0 Å². The molecule has 4 rings (SSSR count). The number of benzene rings is 2. The second-order valence-corrected chi connectivity index (χ2v) is 8.22. The molecule has 0 spiro atoms. The first kappa shape index (κ1) is 20.4. The molecule has 2 aliphatic heterocycles. The van der Waals surface area contributed by atoms with Crippen molar-refractivity contribution in [2.24, 2.45) is 0 Å². The highest BCUT2D eigenvalue weighted by atomic mass is 16.2. The van der Waals surface area contributed by atoms with Crippen LogP contribution in [0.2, 0.25) is 0 Å². The van der Waals surface area contributed by atoms with E-state index in [0.29, 0.717) is 25.1 Å². The van der Waals surface area contributed by atoms with Crippen molar-refractivity contribution in [3.63, 3.8) is 0 Å². The molecule has 0 saturated carbocycles. The molecule has 1 N–H and O–H groups in total. The van der Waals surface area contributed by atoms with E-state index in [2.05, 4.69) is 40.4 Å². The van der Waals surface area contributed by atoms with Crippen LogP contribution in [0.5, 0.6) is 0 Å². The number of para-hydroxylation sites is 1. The molecule has 0 aromatic heterocycles. The van der Waals surface area contributed by atoms with Gasteiger partial charge in [-0.25, -0.2) is 0 Å². The quantitative estimate of drug-likeness (QED) is 0.801. The van der Waals surface area contributed by atoms with Gasteiger partial charge in [0, 0.05) is 63.5 Å². The maximum Gasteiger partial charge on any atom is 0.251 e. The topological polar surface area (TPSA) is 55.9 Å². The molecule has 0 radical (unpaired) electrons. The molecule has 0 atom stereocenters. The summed E-state index contributed by atoms with van der Waals surface area (Å²) in [5.41, 5.74) is 3.97. The molecule has 2 fully saturated rings. The van der Waals surface area contributed by atoms with Crippen LogP contribution >= 0.6 is 0 Å². The fourth-order valence-corrected chi connectivity index (χ4v) is 4.20. The number of carbonyl (C=O) groups excluding carboxylic acids is 2. The number of rotatable bonds is 6. The van der Waals surface area contributed by atoms with Gasteiger partial charge in [-0.1, -0.05) is 30.3 Å². The number of nitrogens with zero attached hydrogens (tertiary/aromatic N) is 3. The van der Waals surface area contributed by atoms with Gasteiger partial charge in [-0.3, -0.25) is 9.59 Å². The molecule has 2 aromatic carbocycles. The summed E-state index contributed by atoms with van der Waals surface area (Å²) in [5.74, 6) is 0.114. The predicted molar refractivity (Wildman–Crippen MR) is 118 cm³/mol. The normalized spacial score (nSPS) is 17.4. The van der Waals surface area contributed by atoms with Crippen molar-refractivity contribution in [3.8, 4) is 0 Å². The van der Waals surface area contributed by atoms with E-state index in [1.807, 2.05) is 35.2 Å². The largest absolute Gasteiger partial charge is 0.369 e. The van der Waals surface area contributed by atoms with Crippen molar-refractivity contribution < 1.29 is 9.59 Å². The summed E-state index contributed by atoms with van der Waals surface area (Å²) in [7, 11) is 2.15. The van der Waals surface area contributed by atoms with Crippen LogP contribution < -0.4 is 10.2 Å². The zero-order valence-corrected chi connectivity index (χ0v) is 17.6. The Hall–Kier alpha value is -2.86. The van der Waals surface area contributed by atoms with Gasteiger partial charge in [0.05, 0.1) is 0 Å². The Morgan fingerprint density at radius 1 is 1.00 bits per heavy atom. The van der Waals surface area contributed by atoms with Crippen LogP contribution in [-0.2, 0) is 17.9 Å². The van der Waals surface area contributed by atoms with Gasteiger partial charge in [0.1, 0.15) is 0 Å². The minimum atomic E-state index is -0.0854. The molecule has 6 nitrogen and oxygen atoms in total. The fraction of sp³-hybridized carbons (Fsp3) is 0.417. The third-order valence-electron chi connectivity index (χ3n) is 6.01. The second-order valence-electron chi connectivity index (χ2n) is 8.22. The maximum absolute atomic E-state index is 12.8. The zero-order valence-electron chi connectivity index (χ0n) is 17.6. The van der Waals surface area contributed by atoms with E-state index in [4.69, 9.17) is 0 Å². The lowest BCUT2D eigenvalue weighted by Gasteiger charge is -2.35. The lowest BCUT2D eigenvalue weighted by atomic mass is 10.1. The number of hydrogen-bond acceptors (Lipinski definition) is 4. The third-order valence-corrected chi connectivity index (χ3v) is 6.01. The number of likely N-dealkylation sites (N-methyl/N-ethyl adjacent to an activating group) is 1. The van der Waals surface area contributed by atoms with E-state index in [0.717, 1.165) is 50.3 Å². The molecule has 2 aliphatic rings. The van der Waals surface area contributed by atoms with Crippen molar-refractivity contribution in [1.29, 1.82) is 0 Å². The first-order chi connectivity index (χ1) is 14.6. The summed E-state index contributed by atoms with van der Waals surface area (Å²) in [4.78, 5) is 31.3. The molecule has 2 heterocycles. The Bertz CT molecular complexity index is 906. The predicted octanol–water partition coefficient (Wildman–Crippen LogP) is 2.49. The summed E-state index contributed by atoms with van der Waals surface area (Å²) in [6, 6.07) is 15.9. The van der Waals surface area contributed by atoms with E-state index < -0.39 is 0 Å². The molecule has 158 valence electrons. The number of carbonyl (C=O) groups is 2. The summed E-state index contributed by atoms with van der Waals surface area (Å²) < 4.78 is 0. The Labute approximate surface area is 178 Å². The molecular formula is C24H30N4O2. The molecule has 6 heteroatoms. The number of hydrogen-bond donors (Lipinski definition) is 1. The maximum atomic E-state index is 12.8. The lowest BCUT2D eigenvalue weighted by Crippen LogP contribution is -2.45. The van der Waals surface area contributed by atoms with Gasteiger partial charge >= 0.3 is 0 Å². The minimum Gasteiger partial charge on any atom is -0.369 e. The van der Waals surface area contributed by atoms with Crippen LogP contribution in [0.4, 0.5) is 5.69 Å². The van der Waals surface area contributed by atoms with Crippen LogP contribution in [0.15, 0.2) is 48.5 Å². The molecule has 2 saturated heterocycles. The summed E-state index contributed by atoms with van der Waals surface area (Å²) in [6.45, 7) is 5.97. The average molecular weight is 407 g/mol. The first-order valence-electron chi connectivity index (χ1n) is 10.8.